The molecule has 0 saturated carbocycles. The second-order valence-corrected chi connectivity index (χ2v) is 19.7. The van der Waals surface area contributed by atoms with Crippen molar-refractivity contribution in [1.29, 1.82) is 0 Å². The summed E-state index contributed by atoms with van der Waals surface area (Å²) < 4.78 is 69.1. The molecule has 0 bridgehead atoms. The van der Waals surface area contributed by atoms with E-state index in [4.69, 9.17) is 62.6 Å². The second kappa shape index (κ2) is 46.2. The molecule has 2 heterocycles. The van der Waals surface area contributed by atoms with E-state index in [0.29, 0.717) is 39.3 Å². The van der Waals surface area contributed by atoms with Crippen molar-refractivity contribution in [2.24, 2.45) is 17.2 Å². The second-order valence-electron chi connectivity index (χ2n) is 14.2. The molecule has 440 valence electrons. The Labute approximate surface area is 445 Å². The zero-order valence-electron chi connectivity index (χ0n) is 43.3. The number of aliphatic carboxylic acids is 2. The molecule has 2 unspecified atom stereocenters. The van der Waals surface area contributed by atoms with Crippen LogP contribution in [-0.4, -0.2) is 196 Å². The highest BCUT2D eigenvalue weighted by Gasteiger charge is 2.29. The van der Waals surface area contributed by atoms with E-state index < -0.39 is 93.4 Å². The molecule has 2 aliphatic heterocycles. The van der Waals surface area contributed by atoms with E-state index >= 15 is 0 Å². The number of hydrogen-bond donors (Lipinski definition) is 9. The molecule has 12 N–H and O–H groups in total. The lowest BCUT2D eigenvalue weighted by Gasteiger charge is -2.19. The van der Waals surface area contributed by atoms with Crippen LogP contribution < -0.4 is 33.2 Å². The van der Waals surface area contributed by atoms with Crippen LogP contribution in [0, 0.1) is 0 Å². The predicted molar refractivity (Wildman–Crippen MR) is 266 cm³/mol. The van der Waals surface area contributed by atoms with Gasteiger partial charge in [0.1, 0.15) is 30.2 Å². The van der Waals surface area contributed by atoms with Crippen LogP contribution in [-0.2, 0) is 89.8 Å². The number of alkyl carbamates (subject to hydrolysis) is 3. The third-order valence-electron chi connectivity index (χ3n) is 7.81. The number of nitrogens with one attached hydrogen (secondary N) is 3. The fourth-order valence-electron chi connectivity index (χ4n) is 4.42. The number of carbonyl (C=O) groups excluding carboxylic acids is 8. The molecule has 8 atom stereocenters. The summed E-state index contributed by atoms with van der Waals surface area (Å²) in [5.41, 5.74) is 15.1. The highest BCUT2D eigenvalue weighted by atomic mass is 35.5. The minimum absolute atomic E-state index is 0. The quantitative estimate of drug-likeness (QED) is 0.0228. The first kappa shape index (κ1) is 78.8. The third kappa shape index (κ3) is 47.1. The lowest BCUT2D eigenvalue weighted by atomic mass is 10.2. The highest BCUT2D eigenvalue weighted by Crippen LogP contribution is 2.43. The van der Waals surface area contributed by atoms with E-state index in [1.165, 1.54) is 13.3 Å². The van der Waals surface area contributed by atoms with Gasteiger partial charge in [0.15, 0.2) is 14.7 Å². The van der Waals surface area contributed by atoms with Crippen molar-refractivity contribution in [3.63, 3.8) is 0 Å². The summed E-state index contributed by atoms with van der Waals surface area (Å²) in [7, 11) is -5.87. The Kier molecular flexibility index (Phi) is 48.6. The van der Waals surface area contributed by atoms with Gasteiger partial charge in [-0.15, -0.1) is 12.4 Å². The number of carbonyl (C=O) groups is 10. The summed E-state index contributed by atoms with van der Waals surface area (Å²) in [6.45, 7) is 16.1. The van der Waals surface area contributed by atoms with E-state index in [9.17, 15) is 57.1 Å². The van der Waals surface area contributed by atoms with Gasteiger partial charge in [-0.25, -0.2) is 33.6 Å². The molecule has 2 fully saturated rings. The Morgan fingerprint density at radius 2 is 1.19 bits per heavy atom. The average Bonchev–Trinajstić information content (AvgIpc) is 3.89. The number of amides is 3. The molecule has 31 nitrogen and oxygen atoms in total. The van der Waals surface area contributed by atoms with Gasteiger partial charge < -0.3 is 84.4 Å². The monoisotopic (exact) mass is 1170 g/mol. The molecule has 75 heavy (non-hydrogen) atoms. The van der Waals surface area contributed by atoms with Gasteiger partial charge in [0.05, 0.1) is 52.9 Å². The first-order chi connectivity index (χ1) is 34.4. The summed E-state index contributed by atoms with van der Waals surface area (Å²) in [6.07, 6.45) is -3.25. The number of carboxylic acids is 2. The summed E-state index contributed by atoms with van der Waals surface area (Å²) in [5, 5.41) is 23.3. The van der Waals surface area contributed by atoms with Gasteiger partial charge >= 0.3 is 60.1 Å². The normalized spacial score (nSPS) is 16.9. The number of ether oxygens (including phenoxy) is 9. The number of esters is 5. The van der Waals surface area contributed by atoms with E-state index in [0.717, 1.165) is 6.92 Å². The maximum Gasteiger partial charge on any atom is 0.409 e. The number of halogens is 2. The fraction of sp³-hybridized carbons (Fsp3) is 0.750. The van der Waals surface area contributed by atoms with Crippen LogP contribution in [0.5, 0.6) is 0 Å². The molecule has 35 heteroatoms. The number of nitrogens with two attached hydrogens (primary N) is 3. The predicted octanol–water partition coefficient (Wildman–Crippen LogP) is 1.17. The highest BCUT2D eigenvalue weighted by molar-refractivity contribution is 7.58. The number of carboxylic acid groups (broad SMARTS) is 2. The Bertz CT molecular complexity index is 1820. The SMILES string of the molecule is CC(=O)O[C@H](N)C(=O)O.CCOC(=O)N[C@@H](CCP(C)(=O)OCC)C(=O)OCC.CCOC(=O)N[C@@H](OCCl)C(=O)OCC.CCOC(=O)N[C@H]1CCOC1=O.CP(=O)(O)CC[C@H](N)C(=O)O.Cl.N[C@H]1CCOC1=O. The molecule has 2 saturated heterocycles. The lowest BCUT2D eigenvalue weighted by molar-refractivity contribution is -0.162. The molecule has 0 spiro atoms. The molecular formula is C40H76Cl2N6O25P2. The lowest BCUT2D eigenvalue weighted by Crippen LogP contribution is -2.43. The summed E-state index contributed by atoms with van der Waals surface area (Å²) in [5.74, 6) is -5.14. The Hall–Kier alpha value is -5.10. The largest absolute Gasteiger partial charge is 0.480 e. The Balaban J connectivity index is -0.000000268. The number of cyclic esters (lactones) is 2. The topological polar surface area (TPSA) is 472 Å². The Morgan fingerprint density at radius 3 is 1.55 bits per heavy atom. The molecule has 3 amide bonds. The van der Waals surface area contributed by atoms with Crippen molar-refractivity contribution in [2.45, 2.75) is 111 Å². The van der Waals surface area contributed by atoms with Crippen LogP contribution in [0.25, 0.3) is 0 Å². The van der Waals surface area contributed by atoms with Gasteiger partial charge in [0, 0.05) is 45.4 Å². The van der Waals surface area contributed by atoms with E-state index in [-0.39, 0.29) is 88.0 Å². The molecule has 2 aliphatic rings. The van der Waals surface area contributed by atoms with Crippen molar-refractivity contribution in [3.05, 3.63) is 0 Å². The Morgan fingerprint density at radius 1 is 0.707 bits per heavy atom. The molecular weight excluding hydrogens is 1100 g/mol. The first-order valence-corrected chi connectivity index (χ1v) is 27.5. The minimum atomic E-state index is -3.10. The van der Waals surface area contributed by atoms with Crippen molar-refractivity contribution in [1.82, 2.24) is 16.0 Å². The van der Waals surface area contributed by atoms with Crippen LogP contribution in [0.2, 0.25) is 0 Å². The zero-order valence-corrected chi connectivity index (χ0v) is 46.7. The van der Waals surface area contributed by atoms with Gasteiger partial charge in [-0.2, -0.15) is 0 Å². The zero-order chi connectivity index (χ0) is 58.0. The molecule has 0 radical (unpaired) electrons. The van der Waals surface area contributed by atoms with Crippen LogP contribution >= 0.6 is 38.7 Å². The summed E-state index contributed by atoms with van der Waals surface area (Å²) in [4.78, 5) is 116. The molecule has 0 aromatic carbocycles. The van der Waals surface area contributed by atoms with Gasteiger partial charge in [0.2, 0.25) is 12.5 Å². The number of alkyl halides is 1. The molecule has 0 aromatic rings. The van der Waals surface area contributed by atoms with Crippen LogP contribution in [0.3, 0.4) is 0 Å². The fourth-order valence-corrected chi connectivity index (χ4v) is 6.71. The first-order valence-electron chi connectivity index (χ1n) is 22.5. The van der Waals surface area contributed by atoms with Crippen LogP contribution in [0.1, 0.15) is 74.1 Å². The van der Waals surface area contributed by atoms with Crippen molar-refractivity contribution in [2.75, 3.05) is 84.6 Å². The standard InChI is InChI=1S/C12H24NO6P.C8H14ClNO5.C7H11NO4.C5H12NO4P.C4H7NO4.C4H7NO2.ClH/c1-5-17-11(14)10(13-12(15)18-6-2)8-9-20(4,16)19-7-3;1-3-13-7(11)6(15-5-9)10-8(12)14-4-2;1-2-11-7(10)8-5-3-4-12-6(5)9;1-11(9,10)3-2-4(6)5(7)8;1-2(6)9-3(5)4(7)8;5-3-1-2-7-4(3)6;/h10H,5-9H2,1-4H3,(H,13,15);6H,3-5H2,1-2H3,(H,10,12);5H,2-4H2,1H3,(H,8,10);4H,2-3,6H2,1H3,(H,7,8)(H,9,10);3H,5H2,1H3,(H,7,8);3H,1-2,5H2;1H/t10-,20?;6-;5-;4-;2*3-;/m000000./s1. The van der Waals surface area contributed by atoms with Crippen molar-refractivity contribution in [3.8, 4) is 0 Å². The minimum Gasteiger partial charge on any atom is -0.480 e. The smallest absolute Gasteiger partial charge is 0.409 e. The van der Waals surface area contributed by atoms with Gasteiger partial charge in [-0.1, -0.05) is 11.6 Å². The van der Waals surface area contributed by atoms with Crippen molar-refractivity contribution >= 4 is 98.8 Å². The third-order valence-corrected chi connectivity index (χ3v) is 10.9. The van der Waals surface area contributed by atoms with E-state index in [1.54, 1.807) is 41.5 Å². The maximum atomic E-state index is 12.0. The average molecular weight is 1170 g/mol. The maximum absolute atomic E-state index is 12.0. The molecule has 2 rings (SSSR count). The molecule has 0 aromatic heterocycles. The summed E-state index contributed by atoms with van der Waals surface area (Å²) >= 11 is 5.28. The van der Waals surface area contributed by atoms with E-state index in [2.05, 4.69) is 44.4 Å². The van der Waals surface area contributed by atoms with Gasteiger partial charge in [0.25, 0.3) is 0 Å². The summed E-state index contributed by atoms with van der Waals surface area (Å²) in [6, 6.07) is -3.03. The van der Waals surface area contributed by atoms with E-state index in [1.807, 2.05) is 0 Å². The number of hydrogen-bond acceptors (Lipinski definition) is 25. The number of rotatable bonds is 23. The van der Waals surface area contributed by atoms with Crippen LogP contribution in [0.4, 0.5) is 14.4 Å². The van der Waals surface area contributed by atoms with Gasteiger partial charge in [-0.3, -0.25) is 34.6 Å². The van der Waals surface area contributed by atoms with Crippen molar-refractivity contribution < 1.29 is 119 Å². The van der Waals surface area contributed by atoms with Crippen LogP contribution in [0.15, 0.2) is 0 Å². The molecule has 0 aliphatic carbocycles. The van der Waals surface area contributed by atoms with Gasteiger partial charge in [-0.05, 0) is 54.4 Å².